The van der Waals surface area contributed by atoms with E-state index in [1.165, 1.54) is 0 Å². The van der Waals surface area contributed by atoms with Crippen LogP contribution in [-0.2, 0) is 8.95 Å². The molecule has 1 aromatic rings. The number of oxime groups is 1. The molecule has 17 heavy (non-hydrogen) atoms. The van der Waals surface area contributed by atoms with Crippen LogP contribution in [-0.4, -0.2) is 22.5 Å². The van der Waals surface area contributed by atoms with Gasteiger partial charge in [-0.25, -0.2) is 0 Å². The van der Waals surface area contributed by atoms with Gasteiger partial charge in [-0.05, 0) is 51.4 Å². The van der Waals surface area contributed by atoms with E-state index in [1.54, 1.807) is 6.26 Å². The summed E-state index contributed by atoms with van der Waals surface area (Å²) in [5.74, 6) is 1.07. The Morgan fingerprint density at radius 1 is 1.12 bits per heavy atom. The van der Waals surface area contributed by atoms with Crippen molar-refractivity contribution in [3.8, 4) is 0 Å². The van der Waals surface area contributed by atoms with E-state index in [9.17, 15) is 0 Å². The molecule has 1 rings (SSSR count). The highest BCUT2D eigenvalue weighted by molar-refractivity contribution is 6.71. The minimum absolute atomic E-state index is 0.455. The van der Waals surface area contributed by atoms with Gasteiger partial charge in [-0.3, -0.25) is 0 Å². The normalized spacial score (nSPS) is 13.6. The Hall–Kier alpha value is -1.02. The first-order chi connectivity index (χ1) is 7.67. The maximum atomic E-state index is 5.87. The predicted molar refractivity (Wildman–Crippen MR) is 74.1 cm³/mol. The molecule has 0 aromatic carbocycles. The molecule has 0 fully saturated rings. The van der Waals surface area contributed by atoms with Crippen molar-refractivity contribution in [1.29, 1.82) is 0 Å². The van der Waals surface area contributed by atoms with Crippen LogP contribution in [0, 0.1) is 0 Å². The Bertz CT molecular complexity index is 374. The number of hydrogen-bond acceptors (Lipinski definition) is 4. The van der Waals surface area contributed by atoms with Gasteiger partial charge in [0.05, 0.1) is 6.26 Å². The fourth-order valence-corrected chi connectivity index (χ4v) is 2.06. The lowest BCUT2D eigenvalue weighted by atomic mass is 10.5. The molecule has 0 radical (unpaired) electrons. The van der Waals surface area contributed by atoms with Crippen molar-refractivity contribution >= 4 is 22.5 Å². The molecule has 4 nitrogen and oxygen atoms in total. The van der Waals surface area contributed by atoms with Crippen LogP contribution in [0.15, 0.2) is 28.0 Å². The van der Waals surface area contributed by atoms with E-state index in [0.717, 1.165) is 0 Å². The molecule has 0 amide bonds. The first-order valence-corrected chi connectivity index (χ1v) is 12.5. The lowest BCUT2D eigenvalue weighted by Gasteiger charge is -2.20. The smallest absolute Gasteiger partial charge is 0.278 e. The third-order valence-electron chi connectivity index (χ3n) is 1.54. The van der Waals surface area contributed by atoms with Gasteiger partial charge in [0.25, 0.3) is 14.2 Å². The second-order valence-corrected chi connectivity index (χ2v) is 14.6. The third-order valence-corrected chi connectivity index (χ3v) is 2.98. The summed E-state index contributed by atoms with van der Waals surface area (Å²) in [5, 5.41) is 4.12. The zero-order valence-electron chi connectivity index (χ0n) is 11.4. The molecule has 0 aliphatic heterocycles. The Balaban J connectivity index is 2.88. The van der Waals surface area contributed by atoms with Crippen molar-refractivity contribution < 1.29 is 13.4 Å². The summed E-state index contributed by atoms with van der Waals surface area (Å²) in [6.07, 6.45) is 1.60. The Morgan fingerprint density at radius 3 is 2.18 bits per heavy atom. The molecule has 0 saturated heterocycles. The summed E-state index contributed by atoms with van der Waals surface area (Å²) in [4.78, 5) is 0. The largest absolute Gasteiger partial charge is 0.527 e. The summed E-state index contributed by atoms with van der Waals surface area (Å²) >= 11 is 0. The van der Waals surface area contributed by atoms with Crippen LogP contribution < -0.4 is 0 Å². The number of furan rings is 1. The van der Waals surface area contributed by atoms with Crippen molar-refractivity contribution in [2.24, 2.45) is 5.16 Å². The zero-order chi connectivity index (χ0) is 13.1. The summed E-state index contributed by atoms with van der Waals surface area (Å²) in [6, 6.07) is 3.64. The van der Waals surface area contributed by atoms with E-state index < -0.39 is 16.6 Å². The summed E-state index contributed by atoms with van der Waals surface area (Å²) in [6.45, 7) is 12.5. The average molecular weight is 271 g/mol. The van der Waals surface area contributed by atoms with Crippen LogP contribution in [0.2, 0.25) is 39.3 Å². The third kappa shape index (κ3) is 5.74. The van der Waals surface area contributed by atoms with Crippen LogP contribution in [0.4, 0.5) is 0 Å². The highest BCUT2D eigenvalue weighted by Crippen LogP contribution is 2.13. The van der Waals surface area contributed by atoms with Gasteiger partial charge in [0, 0.05) is 0 Å². The van der Waals surface area contributed by atoms with E-state index in [4.69, 9.17) is 13.4 Å². The molecule has 6 heteroatoms. The van der Waals surface area contributed by atoms with Crippen molar-refractivity contribution in [3.05, 3.63) is 24.2 Å². The van der Waals surface area contributed by atoms with Gasteiger partial charge in [0.15, 0.2) is 5.76 Å². The minimum atomic E-state index is -1.73. The van der Waals surface area contributed by atoms with Crippen molar-refractivity contribution in [2.75, 3.05) is 0 Å². The standard InChI is InChI=1S/C11H21NO3Si2/c1-16(2,3)14-11(10-8-7-9-13-10)12-15-17(4,5)6/h7-9H,1-6H3/b12-11+. The predicted octanol–water partition coefficient (Wildman–Crippen LogP) is 3.64. The SMILES string of the molecule is C[Si](C)(C)O/N=C(/O[Si](C)(C)C)c1ccco1. The first kappa shape index (κ1) is 14.0. The van der Waals surface area contributed by atoms with Gasteiger partial charge in [-0.2, -0.15) is 0 Å². The maximum absolute atomic E-state index is 5.87. The summed E-state index contributed by atoms with van der Waals surface area (Å²) in [5.41, 5.74) is 0. The van der Waals surface area contributed by atoms with Crippen LogP contribution in [0.1, 0.15) is 5.76 Å². The molecule has 0 spiro atoms. The van der Waals surface area contributed by atoms with E-state index in [2.05, 4.69) is 44.4 Å². The molecule has 0 unspecified atom stereocenters. The molecule has 0 aliphatic rings. The fourth-order valence-electron chi connectivity index (χ4n) is 0.983. The highest BCUT2D eigenvalue weighted by Gasteiger charge is 2.23. The van der Waals surface area contributed by atoms with E-state index in [1.807, 2.05) is 12.1 Å². The van der Waals surface area contributed by atoms with E-state index in [0.29, 0.717) is 11.7 Å². The Kier molecular flexibility index (Phi) is 4.21. The van der Waals surface area contributed by atoms with Crippen molar-refractivity contribution in [3.63, 3.8) is 0 Å². The molecular weight excluding hydrogens is 250 g/mol. The molecule has 1 heterocycles. The molecule has 1 aromatic heterocycles. The number of rotatable bonds is 4. The summed E-state index contributed by atoms with van der Waals surface area (Å²) < 4.78 is 16.7. The Morgan fingerprint density at radius 2 is 1.76 bits per heavy atom. The maximum Gasteiger partial charge on any atom is 0.278 e. The fraction of sp³-hybridized carbons (Fsp3) is 0.545. The van der Waals surface area contributed by atoms with Crippen LogP contribution in [0.3, 0.4) is 0 Å². The topological polar surface area (TPSA) is 44.0 Å². The average Bonchev–Trinajstić information content (AvgIpc) is 2.61. The monoisotopic (exact) mass is 271 g/mol. The van der Waals surface area contributed by atoms with Crippen molar-refractivity contribution in [2.45, 2.75) is 39.3 Å². The lowest BCUT2D eigenvalue weighted by molar-refractivity contribution is 0.316. The molecule has 0 aliphatic carbocycles. The molecule has 0 atom stereocenters. The zero-order valence-corrected chi connectivity index (χ0v) is 13.4. The van der Waals surface area contributed by atoms with Gasteiger partial charge < -0.3 is 13.4 Å². The van der Waals surface area contributed by atoms with Gasteiger partial charge in [0.1, 0.15) is 0 Å². The number of nitrogens with zero attached hydrogens (tertiary/aromatic N) is 1. The summed E-state index contributed by atoms with van der Waals surface area (Å²) in [7, 11) is -3.43. The van der Waals surface area contributed by atoms with E-state index in [-0.39, 0.29) is 0 Å². The van der Waals surface area contributed by atoms with Crippen LogP contribution in [0.5, 0.6) is 0 Å². The lowest BCUT2D eigenvalue weighted by Crippen LogP contribution is -2.31. The number of hydrogen-bond donors (Lipinski definition) is 0. The van der Waals surface area contributed by atoms with Crippen LogP contribution >= 0.6 is 0 Å². The van der Waals surface area contributed by atoms with Gasteiger partial charge >= 0.3 is 0 Å². The van der Waals surface area contributed by atoms with Gasteiger partial charge in [-0.15, -0.1) is 0 Å². The molecule has 0 bridgehead atoms. The highest BCUT2D eigenvalue weighted by atomic mass is 28.4. The van der Waals surface area contributed by atoms with Crippen molar-refractivity contribution in [1.82, 2.24) is 0 Å². The molecule has 0 N–H and O–H groups in total. The minimum Gasteiger partial charge on any atom is -0.527 e. The second kappa shape index (κ2) is 5.09. The second-order valence-electron chi connectivity index (χ2n) is 5.79. The van der Waals surface area contributed by atoms with E-state index >= 15 is 0 Å². The quantitative estimate of drug-likeness (QED) is 0.363. The van der Waals surface area contributed by atoms with Crippen LogP contribution in [0.25, 0.3) is 0 Å². The molecule has 0 saturated carbocycles. The molecule has 96 valence electrons. The van der Waals surface area contributed by atoms with Gasteiger partial charge in [0.2, 0.25) is 8.32 Å². The molecular formula is C11H21NO3Si2. The van der Waals surface area contributed by atoms with Gasteiger partial charge in [-0.1, -0.05) is 5.16 Å². The first-order valence-electron chi connectivity index (χ1n) is 5.66. The Labute approximate surface area is 105 Å².